The van der Waals surface area contributed by atoms with Crippen LogP contribution in [0, 0.1) is 0 Å². The van der Waals surface area contributed by atoms with Gasteiger partial charge in [0, 0.05) is 50.9 Å². The van der Waals surface area contributed by atoms with E-state index in [-0.39, 0.29) is 5.56 Å². The second-order valence-corrected chi connectivity index (χ2v) is 7.62. The number of fused-ring (bicyclic) bond motifs is 1. The molecule has 4 rings (SSSR count). The topological polar surface area (TPSA) is 63.2 Å². The molecule has 0 fully saturated rings. The molecule has 3 aromatic rings. The Kier molecular flexibility index (Phi) is 5.81. The van der Waals surface area contributed by atoms with Gasteiger partial charge >= 0.3 is 0 Å². The quantitative estimate of drug-likeness (QED) is 0.671. The van der Waals surface area contributed by atoms with Gasteiger partial charge in [0.1, 0.15) is 11.6 Å². The van der Waals surface area contributed by atoms with Crippen LogP contribution in [-0.4, -0.2) is 33.1 Å². The minimum Gasteiger partial charge on any atom is -0.497 e. The van der Waals surface area contributed by atoms with Gasteiger partial charge in [0.15, 0.2) is 0 Å². The molecule has 6 heteroatoms. The summed E-state index contributed by atoms with van der Waals surface area (Å²) in [5.74, 6) is 1.69. The van der Waals surface area contributed by atoms with Crippen molar-refractivity contribution in [3.63, 3.8) is 0 Å². The number of rotatable bonds is 7. The molecule has 1 aliphatic rings. The van der Waals surface area contributed by atoms with E-state index in [4.69, 9.17) is 4.74 Å². The number of nitrogens with one attached hydrogen (secondary N) is 1. The highest BCUT2D eigenvalue weighted by molar-refractivity contribution is 5.28. The van der Waals surface area contributed by atoms with Crippen LogP contribution in [0.15, 0.2) is 47.4 Å². The third-order valence-corrected chi connectivity index (χ3v) is 5.50. The van der Waals surface area contributed by atoms with Gasteiger partial charge in [0.2, 0.25) is 0 Å². The fourth-order valence-corrected chi connectivity index (χ4v) is 3.93. The molecule has 0 bridgehead atoms. The molecule has 1 aromatic carbocycles. The zero-order valence-corrected chi connectivity index (χ0v) is 17.1. The molecule has 0 saturated carbocycles. The van der Waals surface area contributed by atoms with Crippen molar-refractivity contribution in [2.75, 3.05) is 13.7 Å². The second kappa shape index (κ2) is 8.66. The fourth-order valence-electron chi connectivity index (χ4n) is 3.93. The average molecular weight is 393 g/mol. The monoisotopic (exact) mass is 392 g/mol. The van der Waals surface area contributed by atoms with Gasteiger partial charge < -0.3 is 14.3 Å². The largest absolute Gasteiger partial charge is 0.497 e. The summed E-state index contributed by atoms with van der Waals surface area (Å²) in [6.07, 6.45) is 4.75. The van der Waals surface area contributed by atoms with Crippen molar-refractivity contribution in [3.05, 3.63) is 81.3 Å². The molecule has 0 unspecified atom stereocenters. The molecule has 29 heavy (non-hydrogen) atoms. The van der Waals surface area contributed by atoms with E-state index in [0.29, 0.717) is 6.54 Å². The zero-order chi connectivity index (χ0) is 20.2. The van der Waals surface area contributed by atoms with Crippen LogP contribution < -0.4 is 10.3 Å². The SMILES string of the molecule is CCCc1nc2c(c(=O)[nH]1)CN(Cc1cccn1Cc1ccc(OC)cc1)CC2. The van der Waals surface area contributed by atoms with E-state index >= 15 is 0 Å². The standard InChI is InChI=1S/C23H28N4O2/c1-3-5-22-24-21-11-13-26(16-20(21)23(28)25-22)15-18-6-4-12-27(18)14-17-7-9-19(29-2)10-8-17/h4,6-10,12H,3,5,11,13-16H2,1-2H3,(H,24,25,28). The average Bonchev–Trinajstić information content (AvgIpc) is 3.16. The first-order valence-corrected chi connectivity index (χ1v) is 10.3. The third-order valence-electron chi connectivity index (χ3n) is 5.50. The Hall–Kier alpha value is -2.86. The number of benzene rings is 1. The number of aryl methyl sites for hydroxylation is 1. The normalized spacial score (nSPS) is 14.0. The maximum atomic E-state index is 12.5. The lowest BCUT2D eigenvalue weighted by atomic mass is 10.1. The van der Waals surface area contributed by atoms with Crippen molar-refractivity contribution in [2.24, 2.45) is 0 Å². The maximum absolute atomic E-state index is 12.5. The highest BCUT2D eigenvalue weighted by Crippen LogP contribution is 2.19. The predicted octanol–water partition coefficient (Wildman–Crippen LogP) is 3.14. The van der Waals surface area contributed by atoms with Gasteiger partial charge in [-0.25, -0.2) is 4.98 Å². The van der Waals surface area contributed by atoms with Crippen LogP contribution in [0.3, 0.4) is 0 Å². The van der Waals surface area contributed by atoms with Gasteiger partial charge in [-0.05, 0) is 36.2 Å². The first-order valence-electron chi connectivity index (χ1n) is 10.3. The maximum Gasteiger partial charge on any atom is 0.255 e. The Bertz CT molecular complexity index is 1020. The molecule has 1 aliphatic heterocycles. The first-order chi connectivity index (χ1) is 14.2. The van der Waals surface area contributed by atoms with Crippen LogP contribution in [0.25, 0.3) is 0 Å². The molecule has 0 atom stereocenters. The Labute approximate surface area is 171 Å². The van der Waals surface area contributed by atoms with E-state index in [2.05, 4.69) is 56.8 Å². The van der Waals surface area contributed by atoms with Crippen LogP contribution in [0.4, 0.5) is 0 Å². The first kappa shape index (κ1) is 19.5. The number of aromatic amines is 1. The Morgan fingerprint density at radius 1 is 1.17 bits per heavy atom. The summed E-state index contributed by atoms with van der Waals surface area (Å²) in [6, 6.07) is 12.4. The van der Waals surface area contributed by atoms with Crippen LogP contribution in [0.1, 0.15) is 41.7 Å². The van der Waals surface area contributed by atoms with Crippen LogP contribution in [0.2, 0.25) is 0 Å². The van der Waals surface area contributed by atoms with Gasteiger partial charge in [-0.1, -0.05) is 19.1 Å². The van der Waals surface area contributed by atoms with E-state index in [1.54, 1.807) is 7.11 Å². The highest BCUT2D eigenvalue weighted by atomic mass is 16.5. The molecular formula is C23H28N4O2. The van der Waals surface area contributed by atoms with Gasteiger partial charge in [-0.3, -0.25) is 9.69 Å². The lowest BCUT2D eigenvalue weighted by Gasteiger charge is -2.28. The summed E-state index contributed by atoms with van der Waals surface area (Å²) < 4.78 is 7.51. The minimum absolute atomic E-state index is 0.0248. The van der Waals surface area contributed by atoms with E-state index in [1.807, 2.05) is 12.1 Å². The van der Waals surface area contributed by atoms with Gasteiger partial charge in [0.25, 0.3) is 5.56 Å². The number of hydrogen-bond donors (Lipinski definition) is 1. The van der Waals surface area contributed by atoms with Crippen LogP contribution in [-0.2, 0) is 32.5 Å². The molecule has 0 saturated heterocycles. The van der Waals surface area contributed by atoms with E-state index in [1.165, 1.54) is 11.3 Å². The van der Waals surface area contributed by atoms with Crippen molar-refractivity contribution in [1.82, 2.24) is 19.4 Å². The van der Waals surface area contributed by atoms with Gasteiger partial charge in [-0.15, -0.1) is 0 Å². The molecule has 152 valence electrons. The minimum atomic E-state index is 0.0248. The van der Waals surface area contributed by atoms with Gasteiger partial charge in [0.05, 0.1) is 18.4 Å². The van der Waals surface area contributed by atoms with Crippen molar-refractivity contribution in [2.45, 2.75) is 45.8 Å². The Morgan fingerprint density at radius 3 is 2.76 bits per heavy atom. The summed E-state index contributed by atoms with van der Waals surface area (Å²) in [5, 5.41) is 0. The predicted molar refractivity (Wildman–Crippen MR) is 113 cm³/mol. The molecule has 3 heterocycles. The smallest absolute Gasteiger partial charge is 0.255 e. The van der Waals surface area contributed by atoms with Crippen LogP contribution >= 0.6 is 0 Å². The summed E-state index contributed by atoms with van der Waals surface area (Å²) in [7, 11) is 1.68. The molecule has 1 N–H and O–H groups in total. The summed E-state index contributed by atoms with van der Waals surface area (Å²) in [5.41, 5.74) is 4.30. The Morgan fingerprint density at radius 2 is 2.00 bits per heavy atom. The van der Waals surface area contributed by atoms with Crippen molar-refractivity contribution >= 4 is 0 Å². The highest BCUT2D eigenvalue weighted by Gasteiger charge is 2.21. The molecule has 0 aliphatic carbocycles. The molecule has 2 aromatic heterocycles. The van der Waals surface area contributed by atoms with Crippen molar-refractivity contribution < 1.29 is 4.74 Å². The summed E-state index contributed by atoms with van der Waals surface area (Å²) >= 11 is 0. The van der Waals surface area contributed by atoms with Crippen LogP contribution in [0.5, 0.6) is 5.75 Å². The van der Waals surface area contributed by atoms with Crippen molar-refractivity contribution in [3.8, 4) is 5.75 Å². The van der Waals surface area contributed by atoms with Gasteiger partial charge in [-0.2, -0.15) is 0 Å². The summed E-state index contributed by atoms with van der Waals surface area (Å²) in [4.78, 5) is 22.5. The zero-order valence-electron chi connectivity index (χ0n) is 17.1. The molecular weight excluding hydrogens is 364 g/mol. The van der Waals surface area contributed by atoms with E-state index < -0.39 is 0 Å². The number of ether oxygens (including phenoxy) is 1. The summed E-state index contributed by atoms with van der Waals surface area (Å²) in [6.45, 7) is 5.31. The Balaban J connectivity index is 1.46. The fraction of sp³-hybridized carbons (Fsp3) is 0.391. The number of hydrogen-bond acceptors (Lipinski definition) is 4. The molecule has 0 radical (unpaired) electrons. The van der Waals surface area contributed by atoms with Crippen molar-refractivity contribution in [1.29, 1.82) is 0 Å². The number of H-pyrrole nitrogens is 1. The van der Waals surface area contributed by atoms with E-state index in [9.17, 15) is 4.79 Å². The molecule has 0 amide bonds. The number of methoxy groups -OCH3 is 1. The third kappa shape index (κ3) is 4.43. The lowest BCUT2D eigenvalue weighted by molar-refractivity contribution is 0.235. The molecule has 0 spiro atoms. The van der Waals surface area contributed by atoms with E-state index in [0.717, 1.165) is 61.7 Å². The second-order valence-electron chi connectivity index (χ2n) is 7.62. The molecule has 6 nitrogen and oxygen atoms in total. The number of aromatic nitrogens is 3. The number of nitrogens with zero attached hydrogens (tertiary/aromatic N) is 3. The lowest BCUT2D eigenvalue weighted by Crippen LogP contribution is -2.36.